The summed E-state index contributed by atoms with van der Waals surface area (Å²) in [5.41, 5.74) is 0.470. The molecule has 1 saturated heterocycles. The SMILES string of the molecule is Cc1nc(Cl)sc1S(=O)(=O)NC1CCSCC1. The fourth-order valence-electron chi connectivity index (χ4n) is 1.69. The molecule has 1 fully saturated rings. The fourth-order valence-corrected chi connectivity index (χ4v) is 5.86. The summed E-state index contributed by atoms with van der Waals surface area (Å²) in [6.45, 7) is 1.66. The molecule has 2 rings (SSSR count). The van der Waals surface area contributed by atoms with Crippen molar-refractivity contribution in [1.29, 1.82) is 0 Å². The lowest BCUT2D eigenvalue weighted by Crippen LogP contribution is -2.37. The second kappa shape index (κ2) is 5.44. The van der Waals surface area contributed by atoms with Gasteiger partial charge in [-0.15, -0.1) is 0 Å². The summed E-state index contributed by atoms with van der Waals surface area (Å²) in [6.07, 6.45) is 1.77. The van der Waals surface area contributed by atoms with Crippen LogP contribution in [0.25, 0.3) is 0 Å². The average Bonchev–Trinajstić information content (AvgIpc) is 2.59. The lowest BCUT2D eigenvalue weighted by atomic mass is 10.2. The van der Waals surface area contributed by atoms with Gasteiger partial charge in [0.2, 0.25) is 0 Å². The number of rotatable bonds is 3. The number of nitrogens with zero attached hydrogens (tertiary/aromatic N) is 1. The molecule has 17 heavy (non-hydrogen) atoms. The zero-order valence-corrected chi connectivity index (χ0v) is 12.5. The van der Waals surface area contributed by atoms with E-state index in [1.165, 1.54) is 0 Å². The highest BCUT2D eigenvalue weighted by Crippen LogP contribution is 2.27. The molecule has 0 bridgehead atoms. The average molecular weight is 313 g/mol. The van der Waals surface area contributed by atoms with Gasteiger partial charge in [-0.2, -0.15) is 11.8 Å². The molecule has 0 saturated carbocycles. The number of aryl methyl sites for hydroxylation is 1. The Morgan fingerprint density at radius 1 is 1.41 bits per heavy atom. The lowest BCUT2D eigenvalue weighted by Gasteiger charge is -2.21. The Bertz CT molecular complexity index is 494. The highest BCUT2D eigenvalue weighted by Gasteiger charge is 2.25. The predicted molar refractivity (Wildman–Crippen MR) is 72.5 cm³/mol. The van der Waals surface area contributed by atoms with E-state index < -0.39 is 10.0 Å². The van der Waals surface area contributed by atoms with Gasteiger partial charge in [-0.25, -0.2) is 18.1 Å². The van der Waals surface area contributed by atoms with Crippen molar-refractivity contribution in [2.24, 2.45) is 0 Å². The topological polar surface area (TPSA) is 59.1 Å². The minimum Gasteiger partial charge on any atom is -0.229 e. The van der Waals surface area contributed by atoms with Gasteiger partial charge in [0.1, 0.15) is 0 Å². The minimum absolute atomic E-state index is 0.0431. The van der Waals surface area contributed by atoms with Crippen LogP contribution in [0.1, 0.15) is 18.5 Å². The lowest BCUT2D eigenvalue weighted by molar-refractivity contribution is 0.530. The van der Waals surface area contributed by atoms with E-state index in [2.05, 4.69) is 9.71 Å². The highest BCUT2D eigenvalue weighted by atomic mass is 35.5. The van der Waals surface area contributed by atoms with Crippen molar-refractivity contribution in [3.05, 3.63) is 10.2 Å². The van der Waals surface area contributed by atoms with E-state index in [1.54, 1.807) is 6.92 Å². The third kappa shape index (κ3) is 3.35. The maximum absolute atomic E-state index is 12.1. The number of halogens is 1. The molecule has 1 aromatic heterocycles. The standard InChI is InChI=1S/C9H13ClN2O2S3/c1-6-8(16-9(10)11-6)17(13,14)12-7-2-4-15-5-3-7/h7,12H,2-5H2,1H3. The summed E-state index contributed by atoms with van der Waals surface area (Å²) in [5, 5.41) is 0. The second-order valence-corrected chi connectivity index (χ2v) is 8.56. The Morgan fingerprint density at radius 2 is 2.06 bits per heavy atom. The van der Waals surface area contributed by atoms with Crippen LogP contribution in [0.3, 0.4) is 0 Å². The number of thiazole rings is 1. The highest BCUT2D eigenvalue weighted by molar-refractivity contribution is 7.99. The van der Waals surface area contributed by atoms with E-state index in [1.807, 2.05) is 11.8 Å². The van der Waals surface area contributed by atoms with Crippen molar-refractivity contribution in [2.75, 3.05) is 11.5 Å². The quantitative estimate of drug-likeness (QED) is 0.930. The van der Waals surface area contributed by atoms with E-state index in [9.17, 15) is 8.42 Å². The molecule has 0 aliphatic carbocycles. The Morgan fingerprint density at radius 3 is 2.59 bits per heavy atom. The first-order chi connectivity index (χ1) is 7.99. The van der Waals surface area contributed by atoms with Gasteiger partial charge >= 0.3 is 0 Å². The normalized spacial score (nSPS) is 18.5. The van der Waals surface area contributed by atoms with Crippen LogP contribution in [0, 0.1) is 6.92 Å². The molecule has 96 valence electrons. The number of aromatic nitrogens is 1. The third-order valence-corrected chi connectivity index (χ3v) is 6.96. The first-order valence-electron chi connectivity index (χ1n) is 5.22. The van der Waals surface area contributed by atoms with E-state index in [4.69, 9.17) is 11.6 Å². The first-order valence-corrected chi connectivity index (χ1v) is 9.05. The van der Waals surface area contributed by atoms with Crippen LogP contribution in [-0.4, -0.2) is 30.9 Å². The summed E-state index contributed by atoms with van der Waals surface area (Å²) in [4.78, 5) is 3.93. The van der Waals surface area contributed by atoms with Crippen molar-refractivity contribution in [3.63, 3.8) is 0 Å². The molecule has 0 atom stereocenters. The molecule has 0 spiro atoms. The van der Waals surface area contributed by atoms with Gasteiger partial charge in [0.05, 0.1) is 5.69 Å². The van der Waals surface area contributed by atoms with Gasteiger partial charge in [-0.3, -0.25) is 0 Å². The molecule has 1 aliphatic heterocycles. The molecule has 0 amide bonds. The monoisotopic (exact) mass is 312 g/mol. The van der Waals surface area contributed by atoms with Crippen LogP contribution in [-0.2, 0) is 10.0 Å². The van der Waals surface area contributed by atoms with Gasteiger partial charge in [-0.05, 0) is 31.3 Å². The van der Waals surface area contributed by atoms with Gasteiger partial charge < -0.3 is 0 Å². The summed E-state index contributed by atoms with van der Waals surface area (Å²) in [6, 6.07) is 0.0431. The van der Waals surface area contributed by atoms with E-state index >= 15 is 0 Å². The maximum Gasteiger partial charge on any atom is 0.252 e. The first kappa shape index (κ1) is 13.6. The van der Waals surface area contributed by atoms with Crippen molar-refractivity contribution >= 4 is 44.7 Å². The van der Waals surface area contributed by atoms with E-state index in [0.717, 1.165) is 35.7 Å². The molecule has 0 aromatic carbocycles. The molecule has 1 aromatic rings. The van der Waals surface area contributed by atoms with Crippen molar-refractivity contribution < 1.29 is 8.42 Å². The van der Waals surface area contributed by atoms with Gasteiger partial charge in [0.15, 0.2) is 8.68 Å². The van der Waals surface area contributed by atoms with Crippen LogP contribution >= 0.6 is 34.7 Å². The molecule has 2 heterocycles. The molecule has 0 radical (unpaired) electrons. The number of hydrogen-bond donors (Lipinski definition) is 1. The molecule has 0 unspecified atom stereocenters. The Hall–Kier alpha value is 0.180. The summed E-state index contributed by atoms with van der Waals surface area (Å²) in [7, 11) is -3.46. The molecular weight excluding hydrogens is 300 g/mol. The van der Waals surface area contributed by atoms with Crippen molar-refractivity contribution in [3.8, 4) is 0 Å². The van der Waals surface area contributed by atoms with E-state index in [-0.39, 0.29) is 14.7 Å². The summed E-state index contributed by atoms with van der Waals surface area (Å²) >= 11 is 8.60. The van der Waals surface area contributed by atoms with Crippen LogP contribution in [0.15, 0.2) is 4.21 Å². The summed E-state index contributed by atoms with van der Waals surface area (Å²) in [5.74, 6) is 2.02. The smallest absolute Gasteiger partial charge is 0.229 e. The van der Waals surface area contributed by atoms with Crippen LogP contribution in [0.5, 0.6) is 0 Å². The third-order valence-electron chi connectivity index (χ3n) is 2.52. The van der Waals surface area contributed by atoms with Crippen LogP contribution < -0.4 is 4.72 Å². The minimum atomic E-state index is -3.46. The number of thioether (sulfide) groups is 1. The summed E-state index contributed by atoms with van der Waals surface area (Å²) < 4.78 is 27.5. The molecule has 8 heteroatoms. The number of sulfonamides is 1. The number of nitrogens with one attached hydrogen (secondary N) is 1. The predicted octanol–water partition coefficient (Wildman–Crippen LogP) is 2.28. The maximum atomic E-state index is 12.1. The Labute approximate surface area is 114 Å². The van der Waals surface area contributed by atoms with E-state index in [0.29, 0.717) is 5.69 Å². The van der Waals surface area contributed by atoms with Gasteiger partial charge in [-0.1, -0.05) is 22.9 Å². The van der Waals surface area contributed by atoms with Gasteiger partial charge in [0.25, 0.3) is 10.0 Å². The molecule has 1 aliphatic rings. The largest absolute Gasteiger partial charge is 0.252 e. The molecular formula is C9H13ClN2O2S3. The van der Waals surface area contributed by atoms with Crippen LogP contribution in [0.4, 0.5) is 0 Å². The Kier molecular flexibility index (Phi) is 4.35. The zero-order valence-electron chi connectivity index (χ0n) is 9.27. The fraction of sp³-hybridized carbons (Fsp3) is 0.667. The van der Waals surface area contributed by atoms with Crippen molar-refractivity contribution in [2.45, 2.75) is 30.0 Å². The molecule has 1 N–H and O–H groups in total. The van der Waals surface area contributed by atoms with Crippen molar-refractivity contribution in [1.82, 2.24) is 9.71 Å². The Balaban J connectivity index is 2.15. The molecule has 4 nitrogen and oxygen atoms in total. The zero-order chi connectivity index (χ0) is 12.5. The van der Waals surface area contributed by atoms with Gasteiger partial charge in [0, 0.05) is 6.04 Å². The van der Waals surface area contributed by atoms with Crippen LogP contribution in [0.2, 0.25) is 4.47 Å². The second-order valence-electron chi connectivity index (χ2n) is 3.85. The number of hydrogen-bond acceptors (Lipinski definition) is 5.